The van der Waals surface area contributed by atoms with Crippen LogP contribution in [-0.2, 0) is 28.9 Å². The highest BCUT2D eigenvalue weighted by Gasteiger charge is 2.29. The summed E-state index contributed by atoms with van der Waals surface area (Å²) in [4.78, 5) is 26.8. The average molecular weight is 511 g/mol. The number of nitrogens with one attached hydrogen (secondary N) is 1. The predicted molar refractivity (Wildman–Crippen MR) is 141 cm³/mol. The zero-order valence-corrected chi connectivity index (χ0v) is 21.9. The van der Waals surface area contributed by atoms with Crippen molar-refractivity contribution in [1.82, 2.24) is 14.8 Å². The lowest BCUT2D eigenvalue weighted by molar-refractivity contribution is -0.113. The van der Waals surface area contributed by atoms with Crippen LogP contribution in [0.1, 0.15) is 46.6 Å². The number of thioether (sulfide) groups is 1. The summed E-state index contributed by atoms with van der Waals surface area (Å²) < 4.78 is 7.26. The number of amides is 1. The first-order valence-electron chi connectivity index (χ1n) is 11.8. The number of carbonyl (C=O) groups excluding carboxylic acids is 2. The van der Waals surface area contributed by atoms with Crippen LogP contribution < -0.4 is 5.32 Å². The minimum atomic E-state index is -0.365. The molecule has 0 fully saturated rings. The summed E-state index contributed by atoms with van der Waals surface area (Å²) in [6.07, 6.45) is 4.57. The van der Waals surface area contributed by atoms with Crippen molar-refractivity contribution in [2.75, 3.05) is 17.7 Å². The van der Waals surface area contributed by atoms with Gasteiger partial charge in [-0.25, -0.2) is 4.79 Å². The van der Waals surface area contributed by atoms with Gasteiger partial charge in [-0.05, 0) is 50.7 Å². The Labute approximate surface area is 214 Å². The molecule has 1 aliphatic carbocycles. The number of hydrogen-bond acceptors (Lipinski definition) is 7. The van der Waals surface area contributed by atoms with Gasteiger partial charge in [-0.3, -0.25) is 9.36 Å². The normalized spacial score (nSPS) is 14.9. The van der Waals surface area contributed by atoms with Gasteiger partial charge in [0.15, 0.2) is 11.0 Å². The van der Waals surface area contributed by atoms with Crippen molar-refractivity contribution in [3.8, 4) is 11.4 Å². The van der Waals surface area contributed by atoms with Crippen molar-refractivity contribution in [2.24, 2.45) is 5.92 Å². The second kappa shape index (κ2) is 11.2. The third-order valence-electron chi connectivity index (χ3n) is 5.88. The van der Waals surface area contributed by atoms with E-state index < -0.39 is 0 Å². The molecule has 0 saturated carbocycles. The quantitative estimate of drug-likeness (QED) is 0.231. The largest absolute Gasteiger partial charge is 0.462 e. The summed E-state index contributed by atoms with van der Waals surface area (Å²) >= 11 is 2.81. The van der Waals surface area contributed by atoms with Gasteiger partial charge >= 0.3 is 5.97 Å². The number of aryl methyl sites for hydroxylation is 1. The minimum absolute atomic E-state index is 0.143. The van der Waals surface area contributed by atoms with E-state index in [1.54, 1.807) is 13.0 Å². The average Bonchev–Trinajstić information content (AvgIpc) is 3.38. The smallest absolute Gasteiger partial charge is 0.341 e. The van der Waals surface area contributed by atoms with Crippen molar-refractivity contribution in [2.45, 2.75) is 51.7 Å². The van der Waals surface area contributed by atoms with E-state index in [0.717, 1.165) is 41.8 Å². The molecule has 0 bridgehead atoms. The lowest BCUT2D eigenvalue weighted by Crippen LogP contribution is -2.18. The molecule has 1 aromatic carbocycles. The van der Waals surface area contributed by atoms with Crippen LogP contribution in [0.4, 0.5) is 5.00 Å². The monoisotopic (exact) mass is 510 g/mol. The molecule has 4 rings (SSSR count). The highest BCUT2D eigenvalue weighted by molar-refractivity contribution is 7.99. The fraction of sp³-hybridized carbons (Fsp3) is 0.385. The minimum Gasteiger partial charge on any atom is -0.462 e. The Kier molecular flexibility index (Phi) is 8.07. The van der Waals surface area contributed by atoms with Crippen LogP contribution in [0.5, 0.6) is 0 Å². The number of nitrogens with zero attached hydrogens (tertiary/aromatic N) is 3. The number of hydrogen-bond donors (Lipinski definition) is 1. The summed E-state index contributed by atoms with van der Waals surface area (Å²) in [5.41, 5.74) is 3.65. The fourth-order valence-corrected chi connectivity index (χ4v) is 6.40. The highest BCUT2D eigenvalue weighted by atomic mass is 32.2. The van der Waals surface area contributed by atoms with Crippen LogP contribution in [0.15, 0.2) is 42.1 Å². The molecule has 1 N–H and O–H groups in total. The van der Waals surface area contributed by atoms with Crippen LogP contribution in [-0.4, -0.2) is 39.0 Å². The van der Waals surface area contributed by atoms with E-state index in [2.05, 4.69) is 35.1 Å². The van der Waals surface area contributed by atoms with E-state index in [0.29, 0.717) is 34.8 Å². The van der Waals surface area contributed by atoms with E-state index in [4.69, 9.17) is 4.74 Å². The van der Waals surface area contributed by atoms with Gasteiger partial charge in [-0.2, -0.15) is 0 Å². The number of carbonyl (C=O) groups is 2. The Hall–Kier alpha value is -2.91. The maximum absolute atomic E-state index is 12.9. The third kappa shape index (κ3) is 5.67. The van der Waals surface area contributed by atoms with Crippen LogP contribution >= 0.6 is 23.1 Å². The van der Waals surface area contributed by atoms with Crippen LogP contribution in [0.25, 0.3) is 11.4 Å². The molecule has 1 atom stereocenters. The van der Waals surface area contributed by atoms with E-state index in [-0.39, 0.29) is 17.6 Å². The van der Waals surface area contributed by atoms with Gasteiger partial charge in [-0.15, -0.1) is 28.1 Å². The molecule has 1 unspecified atom stereocenters. The van der Waals surface area contributed by atoms with Gasteiger partial charge in [0, 0.05) is 17.0 Å². The zero-order chi connectivity index (χ0) is 24.9. The molecule has 1 aliphatic rings. The predicted octanol–water partition coefficient (Wildman–Crippen LogP) is 5.53. The molecule has 9 heteroatoms. The Bertz CT molecular complexity index is 1250. The molecule has 1 amide bonds. The lowest BCUT2D eigenvalue weighted by atomic mass is 9.88. The molecule has 0 radical (unpaired) electrons. The molecular formula is C26H30N4O3S2. The molecular weight excluding hydrogens is 480 g/mol. The standard InChI is InChI=1S/C26H30N4O3S2/c1-5-12-30-23(18-9-7-8-16(3)13-18)28-29-26(30)34-15-21(31)27-24-22(25(32)33-6-2)19-11-10-17(4)14-20(19)35-24/h5,7-9,13,17H,1,6,10-12,14-15H2,2-4H3,(H,27,31). The van der Waals surface area contributed by atoms with E-state index in [1.807, 2.05) is 29.7 Å². The summed E-state index contributed by atoms with van der Waals surface area (Å²) in [6, 6.07) is 8.07. The maximum atomic E-state index is 12.9. The number of allylic oxidation sites excluding steroid dienone is 1. The number of ether oxygens (including phenoxy) is 1. The fourth-order valence-electron chi connectivity index (χ4n) is 4.24. The highest BCUT2D eigenvalue weighted by Crippen LogP contribution is 2.40. The molecule has 35 heavy (non-hydrogen) atoms. The van der Waals surface area contributed by atoms with Gasteiger partial charge in [0.1, 0.15) is 5.00 Å². The lowest BCUT2D eigenvalue weighted by Gasteiger charge is -2.18. The first kappa shape index (κ1) is 25.2. The van der Waals surface area contributed by atoms with Crippen molar-refractivity contribution >= 4 is 40.0 Å². The van der Waals surface area contributed by atoms with Gasteiger partial charge in [0.05, 0.1) is 17.9 Å². The van der Waals surface area contributed by atoms with Crippen molar-refractivity contribution in [3.63, 3.8) is 0 Å². The maximum Gasteiger partial charge on any atom is 0.341 e. The molecule has 0 saturated heterocycles. The Balaban J connectivity index is 1.51. The van der Waals surface area contributed by atoms with E-state index in [9.17, 15) is 9.59 Å². The summed E-state index contributed by atoms with van der Waals surface area (Å²) in [5.74, 6) is 0.883. The Morgan fingerprint density at radius 1 is 1.37 bits per heavy atom. The molecule has 0 spiro atoms. The van der Waals surface area contributed by atoms with Crippen LogP contribution in [0.2, 0.25) is 0 Å². The van der Waals surface area contributed by atoms with Gasteiger partial charge in [0.2, 0.25) is 5.91 Å². The summed E-state index contributed by atoms with van der Waals surface area (Å²) in [7, 11) is 0. The molecule has 2 heterocycles. The summed E-state index contributed by atoms with van der Waals surface area (Å²) in [5, 5.41) is 12.9. The second-order valence-electron chi connectivity index (χ2n) is 8.69. The first-order chi connectivity index (χ1) is 16.9. The number of aromatic nitrogens is 3. The van der Waals surface area contributed by atoms with Crippen molar-refractivity contribution in [1.29, 1.82) is 0 Å². The van der Waals surface area contributed by atoms with Crippen LogP contribution in [0.3, 0.4) is 0 Å². The number of benzene rings is 1. The van der Waals surface area contributed by atoms with Crippen molar-refractivity contribution < 1.29 is 14.3 Å². The van der Waals surface area contributed by atoms with Crippen LogP contribution in [0, 0.1) is 12.8 Å². The number of rotatable bonds is 9. The molecule has 3 aromatic rings. The third-order valence-corrected chi connectivity index (χ3v) is 8.02. The van der Waals surface area contributed by atoms with Crippen molar-refractivity contribution in [3.05, 3.63) is 58.5 Å². The second-order valence-corrected chi connectivity index (χ2v) is 10.7. The zero-order valence-electron chi connectivity index (χ0n) is 20.3. The number of esters is 1. The summed E-state index contributed by atoms with van der Waals surface area (Å²) in [6.45, 7) is 10.7. The van der Waals surface area contributed by atoms with Gasteiger partial charge < -0.3 is 10.1 Å². The Morgan fingerprint density at radius 3 is 2.94 bits per heavy atom. The molecule has 0 aliphatic heterocycles. The SMILES string of the molecule is C=CCn1c(SCC(=O)Nc2sc3c(c2C(=O)OCC)CCC(C)C3)nnc1-c1cccc(C)c1. The first-order valence-corrected chi connectivity index (χ1v) is 13.6. The molecule has 184 valence electrons. The molecule has 2 aromatic heterocycles. The number of fused-ring (bicyclic) bond motifs is 1. The Morgan fingerprint density at radius 2 is 2.20 bits per heavy atom. The number of thiophene rings is 1. The number of anilines is 1. The van der Waals surface area contributed by atoms with E-state index >= 15 is 0 Å². The topological polar surface area (TPSA) is 86.1 Å². The van der Waals surface area contributed by atoms with E-state index in [1.165, 1.54) is 28.0 Å². The van der Waals surface area contributed by atoms with Gasteiger partial charge in [0.25, 0.3) is 0 Å². The van der Waals surface area contributed by atoms with Gasteiger partial charge in [-0.1, -0.05) is 48.5 Å². The molecule has 7 nitrogen and oxygen atoms in total.